The summed E-state index contributed by atoms with van der Waals surface area (Å²) in [5, 5.41) is 7.15. The molecule has 1 rings (SSSR count). The lowest BCUT2D eigenvalue weighted by Crippen LogP contribution is -2.39. The zero-order valence-corrected chi connectivity index (χ0v) is 13.4. The minimum atomic E-state index is 0.501. The van der Waals surface area contributed by atoms with Crippen LogP contribution in [0, 0.1) is 5.92 Å². The third-order valence-corrected chi connectivity index (χ3v) is 4.51. The summed E-state index contributed by atoms with van der Waals surface area (Å²) >= 11 is 0. The molecule has 0 amide bonds. The van der Waals surface area contributed by atoms with Crippen LogP contribution in [-0.4, -0.2) is 38.9 Å². The van der Waals surface area contributed by atoms with Crippen LogP contribution in [0.1, 0.15) is 58.8 Å². The van der Waals surface area contributed by atoms with Gasteiger partial charge in [-0.1, -0.05) is 19.8 Å². The highest BCUT2D eigenvalue weighted by Gasteiger charge is 2.22. The number of nitrogens with one attached hydrogen (secondary N) is 2. The molecule has 0 bridgehead atoms. The van der Waals surface area contributed by atoms with Crippen molar-refractivity contribution < 1.29 is 4.74 Å². The molecule has 3 nitrogen and oxygen atoms in total. The van der Waals surface area contributed by atoms with Crippen LogP contribution in [0.25, 0.3) is 0 Å². The predicted molar refractivity (Wildman–Crippen MR) is 82.6 cm³/mol. The van der Waals surface area contributed by atoms with Crippen LogP contribution in [0.5, 0.6) is 0 Å². The van der Waals surface area contributed by atoms with Crippen LogP contribution in [-0.2, 0) is 4.74 Å². The Hall–Kier alpha value is -0.120. The molecule has 0 radical (unpaired) electrons. The van der Waals surface area contributed by atoms with E-state index in [9.17, 15) is 0 Å². The van der Waals surface area contributed by atoms with Gasteiger partial charge in [-0.05, 0) is 58.5 Å². The summed E-state index contributed by atoms with van der Waals surface area (Å²) in [6.45, 7) is 5.73. The molecule has 114 valence electrons. The predicted octanol–water partition coefficient (Wildman–Crippen LogP) is 2.95. The first-order valence-corrected chi connectivity index (χ1v) is 8.13. The highest BCUT2D eigenvalue weighted by atomic mass is 16.5. The normalized spacial score (nSPS) is 27.2. The number of rotatable bonds is 9. The lowest BCUT2D eigenvalue weighted by Gasteiger charge is -2.30. The molecule has 0 aromatic carbocycles. The Morgan fingerprint density at radius 1 is 1.32 bits per heavy atom. The van der Waals surface area contributed by atoms with Gasteiger partial charge in [0.1, 0.15) is 0 Å². The topological polar surface area (TPSA) is 33.3 Å². The van der Waals surface area contributed by atoms with Gasteiger partial charge in [-0.3, -0.25) is 0 Å². The molecule has 0 spiro atoms. The average molecular weight is 270 g/mol. The fourth-order valence-electron chi connectivity index (χ4n) is 3.25. The second-order valence-electron chi connectivity index (χ2n) is 6.21. The third-order valence-electron chi connectivity index (χ3n) is 4.51. The van der Waals surface area contributed by atoms with Crippen molar-refractivity contribution in [3.8, 4) is 0 Å². The Morgan fingerprint density at radius 2 is 2.11 bits per heavy atom. The minimum absolute atomic E-state index is 0.501. The molecular weight excluding hydrogens is 236 g/mol. The zero-order chi connectivity index (χ0) is 14.1. The van der Waals surface area contributed by atoms with E-state index in [0.29, 0.717) is 18.2 Å². The summed E-state index contributed by atoms with van der Waals surface area (Å²) in [6.07, 6.45) is 9.44. The molecule has 0 saturated heterocycles. The van der Waals surface area contributed by atoms with E-state index in [1.807, 2.05) is 7.11 Å². The molecule has 19 heavy (non-hydrogen) atoms. The van der Waals surface area contributed by atoms with Crippen molar-refractivity contribution in [2.24, 2.45) is 5.92 Å². The maximum absolute atomic E-state index is 5.50. The maximum atomic E-state index is 5.50. The second-order valence-corrected chi connectivity index (χ2v) is 6.21. The fourth-order valence-corrected chi connectivity index (χ4v) is 3.25. The van der Waals surface area contributed by atoms with Crippen LogP contribution in [0.4, 0.5) is 0 Å². The van der Waals surface area contributed by atoms with E-state index in [1.54, 1.807) is 0 Å². The van der Waals surface area contributed by atoms with Gasteiger partial charge in [0, 0.05) is 19.2 Å². The molecule has 0 aromatic heterocycles. The number of methoxy groups -OCH3 is 1. The smallest absolute Gasteiger partial charge is 0.0574 e. The summed E-state index contributed by atoms with van der Waals surface area (Å²) < 4.78 is 5.50. The van der Waals surface area contributed by atoms with Gasteiger partial charge >= 0.3 is 0 Å². The molecule has 1 aliphatic rings. The van der Waals surface area contributed by atoms with E-state index in [4.69, 9.17) is 4.74 Å². The summed E-state index contributed by atoms with van der Waals surface area (Å²) in [6, 6.07) is 1.26. The fraction of sp³-hybridized carbons (Fsp3) is 1.00. The van der Waals surface area contributed by atoms with Crippen molar-refractivity contribution >= 4 is 0 Å². The van der Waals surface area contributed by atoms with E-state index < -0.39 is 0 Å². The summed E-state index contributed by atoms with van der Waals surface area (Å²) in [4.78, 5) is 0. The van der Waals surface area contributed by atoms with Crippen molar-refractivity contribution in [2.75, 3.05) is 20.7 Å². The SMILES string of the molecule is CCCC(C[C@@H](C)NC[C@H]1CCCC(OC)C1)NC. The quantitative estimate of drug-likeness (QED) is 0.676. The van der Waals surface area contributed by atoms with Gasteiger partial charge in [0.05, 0.1) is 6.10 Å². The van der Waals surface area contributed by atoms with E-state index in [0.717, 1.165) is 12.5 Å². The molecule has 1 aliphatic carbocycles. The minimum Gasteiger partial charge on any atom is -0.381 e. The molecule has 0 aromatic rings. The van der Waals surface area contributed by atoms with Gasteiger partial charge in [-0.15, -0.1) is 0 Å². The van der Waals surface area contributed by atoms with Gasteiger partial charge in [-0.25, -0.2) is 0 Å². The van der Waals surface area contributed by atoms with Crippen LogP contribution in [0.2, 0.25) is 0 Å². The molecule has 2 unspecified atom stereocenters. The van der Waals surface area contributed by atoms with E-state index in [1.165, 1.54) is 44.9 Å². The van der Waals surface area contributed by atoms with Crippen molar-refractivity contribution in [2.45, 2.75) is 77.0 Å². The molecule has 4 atom stereocenters. The van der Waals surface area contributed by atoms with E-state index >= 15 is 0 Å². The highest BCUT2D eigenvalue weighted by Crippen LogP contribution is 2.25. The first-order chi connectivity index (χ1) is 9.19. The molecular formula is C16H34N2O. The highest BCUT2D eigenvalue weighted by molar-refractivity contribution is 4.77. The number of hydrogen-bond donors (Lipinski definition) is 2. The first kappa shape index (κ1) is 16.9. The maximum Gasteiger partial charge on any atom is 0.0574 e. The first-order valence-electron chi connectivity index (χ1n) is 8.13. The molecule has 0 aliphatic heterocycles. The molecule has 1 saturated carbocycles. The van der Waals surface area contributed by atoms with Crippen molar-refractivity contribution in [3.05, 3.63) is 0 Å². The Balaban J connectivity index is 2.19. The van der Waals surface area contributed by atoms with E-state index in [-0.39, 0.29) is 0 Å². The summed E-state index contributed by atoms with van der Waals surface area (Å²) in [7, 11) is 3.93. The Morgan fingerprint density at radius 3 is 2.74 bits per heavy atom. The molecule has 2 N–H and O–H groups in total. The van der Waals surface area contributed by atoms with Crippen LogP contribution in [0.3, 0.4) is 0 Å². The van der Waals surface area contributed by atoms with Gasteiger partial charge in [0.25, 0.3) is 0 Å². The molecule has 1 fully saturated rings. The van der Waals surface area contributed by atoms with Crippen molar-refractivity contribution in [1.29, 1.82) is 0 Å². The summed E-state index contributed by atoms with van der Waals surface area (Å²) in [5.41, 5.74) is 0. The van der Waals surface area contributed by atoms with E-state index in [2.05, 4.69) is 31.5 Å². The standard InChI is InChI=1S/C16H34N2O/c1-5-7-15(17-3)10-13(2)18-12-14-8-6-9-16(11-14)19-4/h13-18H,5-12H2,1-4H3/t13-,14+,15?,16?/m1/s1. The average Bonchev–Trinajstić information content (AvgIpc) is 2.45. The monoisotopic (exact) mass is 270 g/mol. The second kappa shape index (κ2) is 9.73. The van der Waals surface area contributed by atoms with Gasteiger partial charge < -0.3 is 15.4 Å². The number of hydrogen-bond acceptors (Lipinski definition) is 3. The van der Waals surface area contributed by atoms with Crippen molar-refractivity contribution in [3.63, 3.8) is 0 Å². The summed E-state index contributed by atoms with van der Waals surface area (Å²) in [5.74, 6) is 0.806. The largest absolute Gasteiger partial charge is 0.381 e. The molecule has 3 heteroatoms. The lowest BCUT2D eigenvalue weighted by atomic mass is 9.87. The Bertz CT molecular complexity index is 223. The molecule has 0 heterocycles. The van der Waals surface area contributed by atoms with Gasteiger partial charge in [-0.2, -0.15) is 0 Å². The van der Waals surface area contributed by atoms with Crippen molar-refractivity contribution in [1.82, 2.24) is 10.6 Å². The third kappa shape index (κ3) is 6.73. The van der Waals surface area contributed by atoms with Crippen LogP contribution < -0.4 is 10.6 Å². The van der Waals surface area contributed by atoms with Gasteiger partial charge in [0.15, 0.2) is 0 Å². The van der Waals surface area contributed by atoms with Gasteiger partial charge in [0.2, 0.25) is 0 Å². The van der Waals surface area contributed by atoms with Crippen LogP contribution >= 0.6 is 0 Å². The number of ether oxygens (including phenoxy) is 1. The Labute approximate surface area is 119 Å². The Kier molecular flexibility index (Phi) is 8.67. The lowest BCUT2D eigenvalue weighted by molar-refractivity contribution is 0.0501. The van der Waals surface area contributed by atoms with Crippen LogP contribution in [0.15, 0.2) is 0 Å². The zero-order valence-electron chi connectivity index (χ0n) is 13.4.